The summed E-state index contributed by atoms with van der Waals surface area (Å²) in [5.74, 6) is -0.754. The van der Waals surface area contributed by atoms with Crippen LogP contribution >= 0.6 is 34.8 Å². The number of hydrogen-bond donors (Lipinski definition) is 2. The summed E-state index contributed by atoms with van der Waals surface area (Å²) in [6, 6.07) is 3.18. The van der Waals surface area contributed by atoms with E-state index in [1.54, 1.807) is 6.07 Å². The van der Waals surface area contributed by atoms with Crippen LogP contribution in [-0.4, -0.2) is 41.1 Å². The average molecular weight is 418 g/mol. The molecule has 21 heavy (non-hydrogen) atoms. The molecule has 2 rings (SSSR count). The van der Waals surface area contributed by atoms with Crippen molar-refractivity contribution < 1.29 is 19.4 Å². The van der Waals surface area contributed by atoms with Crippen molar-refractivity contribution in [1.29, 1.82) is 0 Å². The Morgan fingerprint density at radius 2 is 2.10 bits per heavy atom. The molecule has 1 aromatic carbocycles. The van der Waals surface area contributed by atoms with Crippen molar-refractivity contribution >= 4 is 57.8 Å². The number of methoxy groups -OCH3 is 1. The minimum absolute atomic E-state index is 0.0120. The normalized spacial score (nSPS) is 17.2. The summed E-state index contributed by atoms with van der Waals surface area (Å²) in [6.45, 7) is 0. The number of likely N-dealkylation sites (N-methyl/N-ethyl adjacent to an activating group) is 1. The Bertz CT molecular complexity index is 687. The summed E-state index contributed by atoms with van der Waals surface area (Å²) in [7, 11) is 2.91. The van der Waals surface area contributed by atoms with Crippen molar-refractivity contribution in [1.82, 2.24) is 10.2 Å². The van der Waals surface area contributed by atoms with Crippen LogP contribution in [0.4, 0.5) is 0 Å². The molecular weight excluding hydrogens is 407 g/mol. The number of halogens is 1. The number of aromatic hydroxyl groups is 1. The predicted molar refractivity (Wildman–Crippen MR) is 88.9 cm³/mol. The van der Waals surface area contributed by atoms with Gasteiger partial charge < -0.3 is 9.84 Å². The number of hydrogen-bond acceptors (Lipinski definition) is 5. The van der Waals surface area contributed by atoms with E-state index in [2.05, 4.69) is 5.32 Å². The number of nitrogens with one attached hydrogen (secondary N) is 1. The van der Waals surface area contributed by atoms with E-state index in [4.69, 9.17) is 17.0 Å². The zero-order chi connectivity index (χ0) is 15.7. The van der Waals surface area contributed by atoms with Crippen LogP contribution in [0.1, 0.15) is 5.56 Å². The van der Waals surface area contributed by atoms with Crippen molar-refractivity contribution in [3.05, 3.63) is 26.8 Å². The second-order valence-electron chi connectivity index (χ2n) is 4.24. The number of carbonyl (C=O) groups is 2. The lowest BCUT2D eigenvalue weighted by Crippen LogP contribution is -2.52. The Hall–Kier alpha value is -1.68. The Balaban J connectivity index is 2.48. The summed E-state index contributed by atoms with van der Waals surface area (Å²) in [6.07, 6.45) is 1.43. The molecule has 2 N–H and O–H groups in total. The van der Waals surface area contributed by atoms with E-state index in [1.165, 1.54) is 31.2 Å². The Labute approximate surface area is 139 Å². The van der Waals surface area contributed by atoms with Crippen LogP contribution in [0.25, 0.3) is 6.08 Å². The van der Waals surface area contributed by atoms with Crippen LogP contribution < -0.4 is 10.1 Å². The quantitative estimate of drug-likeness (QED) is 0.327. The Morgan fingerprint density at radius 3 is 2.71 bits per heavy atom. The van der Waals surface area contributed by atoms with Crippen LogP contribution in [-0.2, 0) is 9.59 Å². The topological polar surface area (TPSA) is 78.9 Å². The summed E-state index contributed by atoms with van der Waals surface area (Å²) >= 11 is 6.80. The average Bonchev–Trinajstić information content (AvgIpc) is 2.44. The van der Waals surface area contributed by atoms with Crippen molar-refractivity contribution in [2.75, 3.05) is 14.2 Å². The monoisotopic (exact) mass is 418 g/mol. The molecule has 1 fully saturated rings. The summed E-state index contributed by atoms with van der Waals surface area (Å²) in [5, 5.41) is 12.3. The second-order valence-corrected chi connectivity index (χ2v) is 5.78. The zero-order valence-electron chi connectivity index (χ0n) is 11.1. The number of amides is 2. The Morgan fingerprint density at radius 1 is 1.43 bits per heavy atom. The molecule has 0 saturated carbocycles. The molecule has 1 aromatic rings. The standard InChI is InChI=1S/C13H11IN2O4S/c1-16-12(19)7(11(18)15-13(16)21)3-6-4-8(14)10(17)9(5-6)20-2/h3-5,17H,1-2H3,(H,15,18,21)/b7-3-. The van der Waals surface area contributed by atoms with Gasteiger partial charge in [0.05, 0.1) is 10.7 Å². The van der Waals surface area contributed by atoms with Crippen molar-refractivity contribution in [2.24, 2.45) is 0 Å². The SMILES string of the molecule is COc1cc(/C=C2/C(=O)NC(=S)N(C)C2=O)cc(I)c1O. The van der Waals surface area contributed by atoms with E-state index in [0.29, 0.717) is 9.13 Å². The fourth-order valence-corrected chi connectivity index (χ4v) is 2.55. The van der Waals surface area contributed by atoms with Gasteiger partial charge >= 0.3 is 0 Å². The maximum Gasteiger partial charge on any atom is 0.265 e. The Kier molecular flexibility index (Phi) is 4.47. The number of carbonyl (C=O) groups excluding carboxylic acids is 2. The van der Waals surface area contributed by atoms with Gasteiger partial charge in [0, 0.05) is 7.05 Å². The summed E-state index contributed by atoms with van der Waals surface area (Å²) in [4.78, 5) is 25.1. The number of phenolic OH excluding ortho intramolecular Hbond substituents is 1. The largest absolute Gasteiger partial charge is 0.504 e. The van der Waals surface area contributed by atoms with Gasteiger partial charge in [-0.05, 0) is 58.6 Å². The fraction of sp³-hybridized carbons (Fsp3) is 0.154. The van der Waals surface area contributed by atoms with E-state index in [0.717, 1.165) is 0 Å². The minimum atomic E-state index is -0.551. The molecule has 0 unspecified atom stereocenters. The van der Waals surface area contributed by atoms with Crippen molar-refractivity contribution in [2.45, 2.75) is 0 Å². The van der Waals surface area contributed by atoms with Crippen LogP contribution in [0.3, 0.4) is 0 Å². The van der Waals surface area contributed by atoms with Crippen molar-refractivity contribution in [3.63, 3.8) is 0 Å². The molecule has 1 saturated heterocycles. The second kappa shape index (κ2) is 5.98. The first-order valence-electron chi connectivity index (χ1n) is 5.76. The molecule has 1 heterocycles. The molecule has 0 spiro atoms. The highest BCUT2D eigenvalue weighted by Gasteiger charge is 2.30. The number of nitrogens with zero attached hydrogens (tertiary/aromatic N) is 1. The van der Waals surface area contributed by atoms with Crippen LogP contribution in [0.5, 0.6) is 11.5 Å². The molecule has 8 heteroatoms. The van der Waals surface area contributed by atoms with Crippen LogP contribution in [0.15, 0.2) is 17.7 Å². The van der Waals surface area contributed by atoms with Gasteiger partial charge in [-0.1, -0.05) is 0 Å². The lowest BCUT2D eigenvalue weighted by Gasteiger charge is -2.25. The van der Waals surface area contributed by atoms with E-state index >= 15 is 0 Å². The zero-order valence-corrected chi connectivity index (χ0v) is 14.1. The van der Waals surface area contributed by atoms with Gasteiger partial charge in [-0.2, -0.15) is 0 Å². The van der Waals surface area contributed by atoms with Crippen LogP contribution in [0.2, 0.25) is 0 Å². The first kappa shape index (κ1) is 15.7. The van der Waals surface area contributed by atoms with Gasteiger partial charge in [0.2, 0.25) is 0 Å². The highest BCUT2D eigenvalue weighted by atomic mass is 127. The number of thiocarbonyl (C=S) groups is 1. The molecule has 1 aliphatic heterocycles. The molecule has 0 aromatic heterocycles. The van der Waals surface area contributed by atoms with Crippen molar-refractivity contribution in [3.8, 4) is 11.5 Å². The van der Waals surface area contributed by atoms with Gasteiger partial charge in [0.15, 0.2) is 16.6 Å². The smallest absolute Gasteiger partial charge is 0.265 e. The molecule has 0 atom stereocenters. The predicted octanol–water partition coefficient (Wildman–Crippen LogP) is 1.26. The molecule has 6 nitrogen and oxygen atoms in total. The molecule has 0 radical (unpaired) electrons. The highest BCUT2D eigenvalue weighted by Crippen LogP contribution is 2.33. The van der Waals surface area contributed by atoms with Gasteiger partial charge in [-0.3, -0.25) is 19.8 Å². The lowest BCUT2D eigenvalue weighted by atomic mass is 10.1. The molecule has 1 aliphatic rings. The first-order chi connectivity index (χ1) is 9.85. The summed E-state index contributed by atoms with van der Waals surface area (Å²) in [5.41, 5.74) is 0.531. The maximum absolute atomic E-state index is 12.1. The van der Waals surface area contributed by atoms with E-state index in [1.807, 2.05) is 22.6 Å². The van der Waals surface area contributed by atoms with E-state index in [9.17, 15) is 14.7 Å². The third-order valence-corrected chi connectivity index (χ3v) is 4.08. The third kappa shape index (κ3) is 3.00. The van der Waals surface area contributed by atoms with Gasteiger partial charge in [0.25, 0.3) is 11.8 Å². The molecular formula is C13H11IN2O4S. The molecule has 0 aliphatic carbocycles. The van der Waals surface area contributed by atoms with Gasteiger partial charge in [0.1, 0.15) is 5.57 Å². The third-order valence-electron chi connectivity index (χ3n) is 2.89. The number of rotatable bonds is 2. The molecule has 0 bridgehead atoms. The van der Waals surface area contributed by atoms with Gasteiger partial charge in [-0.25, -0.2) is 0 Å². The number of ether oxygens (including phenoxy) is 1. The first-order valence-corrected chi connectivity index (χ1v) is 7.25. The minimum Gasteiger partial charge on any atom is -0.504 e. The number of phenols is 1. The number of benzene rings is 1. The maximum atomic E-state index is 12.1. The highest BCUT2D eigenvalue weighted by molar-refractivity contribution is 14.1. The fourth-order valence-electron chi connectivity index (χ4n) is 1.75. The van der Waals surface area contributed by atoms with E-state index in [-0.39, 0.29) is 22.2 Å². The van der Waals surface area contributed by atoms with E-state index < -0.39 is 11.8 Å². The molecule has 110 valence electrons. The molecule has 2 amide bonds. The van der Waals surface area contributed by atoms with Crippen LogP contribution in [0, 0.1) is 3.57 Å². The lowest BCUT2D eigenvalue weighted by molar-refractivity contribution is -0.128. The summed E-state index contributed by atoms with van der Waals surface area (Å²) < 4.78 is 5.59. The van der Waals surface area contributed by atoms with Gasteiger partial charge in [-0.15, -0.1) is 0 Å².